The highest BCUT2D eigenvalue weighted by atomic mass is 19.2. The van der Waals surface area contributed by atoms with Crippen molar-refractivity contribution >= 4 is 6.29 Å². The Morgan fingerprint density at radius 1 is 0.783 bits per heavy atom. The lowest BCUT2D eigenvalue weighted by atomic mass is 9.96. The molecule has 23 heavy (non-hydrogen) atoms. The van der Waals surface area contributed by atoms with Crippen LogP contribution in [0.1, 0.15) is 12.8 Å². The van der Waals surface area contributed by atoms with Crippen molar-refractivity contribution in [2.75, 3.05) is 0 Å². The molecule has 127 valence electrons. The summed E-state index contributed by atoms with van der Waals surface area (Å²) in [5.41, 5.74) is 0. The highest BCUT2D eigenvalue weighted by molar-refractivity contribution is 5.54. The minimum Gasteiger partial charge on any atom is -0.291 e. The van der Waals surface area contributed by atoms with E-state index in [0.717, 1.165) is 0 Å². The predicted octanol–water partition coefficient (Wildman–Crippen LogP) is -0.847. The van der Waals surface area contributed by atoms with Crippen molar-refractivity contribution in [3.05, 3.63) is 50.6 Å². The fourth-order valence-corrected chi connectivity index (χ4v) is 1.44. The highest BCUT2D eigenvalue weighted by Gasteiger charge is 2.72. The first-order valence-electron chi connectivity index (χ1n) is 5.15. The zero-order chi connectivity index (χ0) is 18.6. The Kier molecular flexibility index (Phi) is 5.60. The molecule has 0 N–H and O–H groups in total. The van der Waals surface area contributed by atoms with Crippen LogP contribution in [0.4, 0.5) is 4.39 Å². The average molecular weight is 342 g/mol. The summed E-state index contributed by atoms with van der Waals surface area (Å²) >= 11 is 0. The third-order valence-electron chi connectivity index (χ3n) is 2.63. The minimum atomic E-state index is -4.53. The van der Waals surface area contributed by atoms with E-state index < -0.39 is 55.1 Å². The van der Waals surface area contributed by atoms with Crippen LogP contribution in [-0.4, -0.2) is 42.6 Å². The van der Waals surface area contributed by atoms with Gasteiger partial charge in [0.15, 0.2) is 21.2 Å². The quantitative estimate of drug-likeness (QED) is 0.205. The normalized spacial score (nSPS) is 12.9. The van der Waals surface area contributed by atoms with E-state index in [0.29, 0.717) is 6.29 Å². The summed E-state index contributed by atoms with van der Waals surface area (Å²) in [6, 6.07) is 0. The number of hydrogen-bond acceptors (Lipinski definition) is 11. The van der Waals surface area contributed by atoms with Gasteiger partial charge in [0.05, 0.1) is 5.92 Å². The van der Waals surface area contributed by atoms with Crippen LogP contribution in [0.2, 0.25) is 0 Å². The second-order valence-electron chi connectivity index (χ2n) is 4.00. The van der Waals surface area contributed by atoms with Crippen LogP contribution in [0.3, 0.4) is 0 Å². The molecule has 0 saturated heterocycles. The van der Waals surface area contributed by atoms with Crippen LogP contribution in [0.5, 0.6) is 0 Å². The highest BCUT2D eigenvalue weighted by Crippen LogP contribution is 2.30. The minimum absolute atomic E-state index is 0.675. The summed E-state index contributed by atoms with van der Waals surface area (Å²) in [6.45, 7) is 0. The molecule has 0 aliphatic rings. The average Bonchev–Trinajstić information content (AvgIpc) is 2.41. The maximum atomic E-state index is 13.6. The second-order valence-corrected chi connectivity index (χ2v) is 4.00. The van der Waals surface area contributed by atoms with Gasteiger partial charge < -0.3 is 0 Å². The molecule has 16 nitrogen and oxygen atoms in total. The van der Waals surface area contributed by atoms with Gasteiger partial charge in [0.25, 0.3) is 0 Å². The number of alkyl halides is 1. The third-order valence-corrected chi connectivity index (χ3v) is 2.63. The van der Waals surface area contributed by atoms with Gasteiger partial charge in [-0.05, 0) is 0 Å². The molecule has 0 aliphatic heterocycles. The maximum Gasteiger partial charge on any atom is 0.700 e. The summed E-state index contributed by atoms with van der Waals surface area (Å²) < 4.78 is 13.6. The van der Waals surface area contributed by atoms with Gasteiger partial charge in [-0.1, -0.05) is 4.39 Å². The van der Waals surface area contributed by atoms with Crippen LogP contribution >= 0.6 is 0 Å². The number of carbonyl (C=O) groups excluding carboxylic acids is 1. The summed E-state index contributed by atoms with van der Waals surface area (Å²) in [7, 11) is 0. The van der Waals surface area contributed by atoms with Crippen LogP contribution < -0.4 is 0 Å². The van der Waals surface area contributed by atoms with Gasteiger partial charge in [0, 0.05) is 0 Å². The van der Waals surface area contributed by atoms with Gasteiger partial charge in [-0.25, -0.2) is 0 Å². The molecule has 1 radical (unpaired) electrons. The monoisotopic (exact) mass is 342 g/mol. The van der Waals surface area contributed by atoms with Crippen molar-refractivity contribution in [2.24, 2.45) is 5.92 Å². The molecule has 0 amide bonds. The topological polar surface area (TPSA) is 233 Å². The Morgan fingerprint density at radius 2 is 1.13 bits per heavy atom. The molecule has 1 atom stereocenters. The lowest BCUT2D eigenvalue weighted by molar-refractivity contribution is -0.971. The van der Waals surface area contributed by atoms with E-state index in [9.17, 15) is 59.8 Å². The molecular weight excluding hydrogens is 337 g/mol. The summed E-state index contributed by atoms with van der Waals surface area (Å²) in [5, 5.41) is 52.5. The van der Waals surface area contributed by atoms with Gasteiger partial charge in [-0.2, -0.15) is 0 Å². The molecule has 1 unspecified atom stereocenters. The lowest BCUT2D eigenvalue weighted by Crippen LogP contribution is -2.55. The Morgan fingerprint density at radius 3 is 1.35 bits per heavy atom. The Labute approximate surface area is 122 Å². The molecule has 0 aromatic carbocycles. The molecule has 0 aliphatic carbocycles. The zero-order valence-corrected chi connectivity index (χ0v) is 10.6. The molecule has 0 saturated carbocycles. The number of nitrogens with zero attached hydrogens (tertiary/aromatic N) is 5. The largest absolute Gasteiger partial charge is 0.700 e. The van der Waals surface area contributed by atoms with E-state index in [-0.39, 0.29) is 0 Å². The van der Waals surface area contributed by atoms with E-state index in [1.807, 2.05) is 0 Å². The molecule has 0 fully saturated rings. The molecule has 0 aromatic heterocycles. The fourth-order valence-electron chi connectivity index (χ4n) is 1.44. The van der Waals surface area contributed by atoms with Gasteiger partial charge in [-0.15, -0.1) is 0 Å². The summed E-state index contributed by atoms with van der Waals surface area (Å²) in [4.78, 5) is 52.9. The van der Waals surface area contributed by atoms with Crippen LogP contribution in [0.25, 0.3) is 0 Å². The number of rotatable bonds is 10. The van der Waals surface area contributed by atoms with Crippen molar-refractivity contribution in [3.63, 3.8) is 0 Å². The Hall–Kier alpha value is -3.40. The van der Waals surface area contributed by atoms with E-state index in [1.54, 1.807) is 0 Å². The fraction of sp³-hybridized carbons (Fsp3) is 0.833. The van der Waals surface area contributed by atoms with Crippen LogP contribution in [0, 0.1) is 56.5 Å². The lowest BCUT2D eigenvalue weighted by Gasteiger charge is -2.14. The zero-order valence-electron chi connectivity index (χ0n) is 10.6. The van der Waals surface area contributed by atoms with E-state index in [1.165, 1.54) is 0 Å². The predicted molar refractivity (Wildman–Crippen MR) is 60.0 cm³/mol. The first kappa shape index (κ1) is 19.6. The van der Waals surface area contributed by atoms with E-state index in [2.05, 4.69) is 0 Å². The van der Waals surface area contributed by atoms with Gasteiger partial charge in [0.2, 0.25) is 6.29 Å². The van der Waals surface area contributed by atoms with Crippen molar-refractivity contribution in [1.29, 1.82) is 0 Å². The molecule has 0 aromatic rings. The van der Waals surface area contributed by atoms with E-state index in [4.69, 9.17) is 0 Å². The van der Waals surface area contributed by atoms with Gasteiger partial charge in [0.1, 0.15) is 16.3 Å². The summed E-state index contributed by atoms with van der Waals surface area (Å²) in [5.74, 6) is -11.3. The van der Waals surface area contributed by atoms with Crippen LogP contribution in [0.15, 0.2) is 0 Å². The van der Waals surface area contributed by atoms with Crippen molar-refractivity contribution in [1.82, 2.24) is 0 Å². The SMILES string of the molecule is O=[C]C(CC(F)([N+](=O)[O-])[N+](=O)[O-])CC([N+](=O)[O-])([N+](=O)[O-])[N+](=O)[O-]. The molecule has 0 rings (SSSR count). The number of halogens is 1. The first-order valence-corrected chi connectivity index (χ1v) is 5.15. The summed E-state index contributed by atoms with van der Waals surface area (Å²) in [6.07, 6.45) is -3.32. The van der Waals surface area contributed by atoms with Crippen molar-refractivity contribution < 1.29 is 33.8 Å². The standard InChI is InChI=1S/C6H5FN5O11/c7-5(8(14)15,9(16)17)1-4(3-13)2-6(10(18)19,11(20)21)12(22)23/h4H,1-2H2. The van der Waals surface area contributed by atoms with Crippen molar-refractivity contribution in [3.8, 4) is 0 Å². The third kappa shape index (κ3) is 3.44. The van der Waals surface area contributed by atoms with E-state index >= 15 is 0 Å². The van der Waals surface area contributed by atoms with Gasteiger partial charge in [-0.3, -0.25) is 55.4 Å². The van der Waals surface area contributed by atoms with Crippen molar-refractivity contribution in [2.45, 2.75) is 24.5 Å². The number of nitro groups is 5. The van der Waals surface area contributed by atoms with Gasteiger partial charge >= 0.3 is 11.7 Å². The Balaban J connectivity index is 5.81. The maximum absolute atomic E-state index is 13.6. The second kappa shape index (κ2) is 6.58. The van der Waals surface area contributed by atoms with Crippen LogP contribution in [-0.2, 0) is 4.79 Å². The molecule has 0 spiro atoms. The Bertz CT molecular complexity index is 527. The molecule has 0 bridgehead atoms. The number of hydrogen-bond donors (Lipinski definition) is 0. The molecule has 0 heterocycles. The molecular formula is C6H5FN5O11. The molecule has 17 heteroatoms. The first-order chi connectivity index (χ1) is 10.4. The smallest absolute Gasteiger partial charge is 0.291 e.